The molecule has 0 bridgehead atoms. The van der Waals surface area contributed by atoms with Gasteiger partial charge in [0, 0.05) is 0 Å². The van der Waals surface area contributed by atoms with Crippen LogP contribution >= 0.6 is 0 Å². The number of hydrogen-bond acceptors (Lipinski definition) is 0. The van der Waals surface area contributed by atoms with Crippen LogP contribution < -0.4 is 0 Å². The van der Waals surface area contributed by atoms with Crippen molar-refractivity contribution in [3.63, 3.8) is 0 Å². The first-order valence-corrected chi connectivity index (χ1v) is 4.78. The van der Waals surface area contributed by atoms with E-state index in [4.69, 9.17) is 0 Å². The van der Waals surface area contributed by atoms with Crippen LogP contribution in [0.2, 0.25) is 0 Å². The van der Waals surface area contributed by atoms with Crippen LogP contribution in [0.15, 0.2) is 35.5 Å². The molecule has 1 fully saturated rings. The number of hydrogen-bond donors (Lipinski definition) is 0. The second-order valence-corrected chi connectivity index (χ2v) is 3.40. The average molecular weight is 162 g/mol. The third-order valence-electron chi connectivity index (χ3n) is 2.57. The van der Waals surface area contributed by atoms with Crippen molar-refractivity contribution < 1.29 is 0 Å². The van der Waals surface area contributed by atoms with Crippen molar-refractivity contribution in [3.05, 3.63) is 35.5 Å². The van der Waals surface area contributed by atoms with Crippen molar-refractivity contribution in [1.82, 2.24) is 0 Å². The van der Waals surface area contributed by atoms with Gasteiger partial charge in [-0.2, -0.15) is 0 Å². The molecule has 12 heavy (non-hydrogen) atoms. The lowest BCUT2D eigenvalue weighted by Gasteiger charge is -2.03. The summed E-state index contributed by atoms with van der Waals surface area (Å²) in [5, 5.41) is 0. The van der Waals surface area contributed by atoms with Gasteiger partial charge in [-0.05, 0) is 43.8 Å². The minimum absolute atomic E-state index is 0.757. The summed E-state index contributed by atoms with van der Waals surface area (Å²) in [7, 11) is 0. The Morgan fingerprint density at radius 3 is 2.67 bits per heavy atom. The Balaban J connectivity index is 2.84. The van der Waals surface area contributed by atoms with Crippen LogP contribution in [-0.4, -0.2) is 0 Å². The van der Waals surface area contributed by atoms with E-state index < -0.39 is 0 Å². The highest BCUT2D eigenvalue weighted by Crippen LogP contribution is 2.35. The molecule has 0 aromatic heterocycles. The SMILES string of the molecule is C\C=C/C=C1\C(=C/C)CCC1C. The van der Waals surface area contributed by atoms with Crippen LogP contribution in [0, 0.1) is 5.92 Å². The summed E-state index contributed by atoms with van der Waals surface area (Å²) in [5.74, 6) is 0.757. The normalized spacial score (nSPS) is 31.1. The van der Waals surface area contributed by atoms with E-state index in [1.807, 2.05) is 0 Å². The Bertz CT molecular complexity index is 228. The number of allylic oxidation sites excluding steroid dienone is 6. The summed E-state index contributed by atoms with van der Waals surface area (Å²) in [6, 6.07) is 0. The monoisotopic (exact) mass is 162 g/mol. The maximum atomic E-state index is 2.31. The topological polar surface area (TPSA) is 0 Å². The van der Waals surface area contributed by atoms with Gasteiger partial charge in [0.15, 0.2) is 0 Å². The van der Waals surface area contributed by atoms with Gasteiger partial charge in [0.1, 0.15) is 0 Å². The summed E-state index contributed by atoms with van der Waals surface area (Å²) < 4.78 is 0. The van der Waals surface area contributed by atoms with E-state index in [0.717, 1.165) is 5.92 Å². The van der Waals surface area contributed by atoms with Gasteiger partial charge >= 0.3 is 0 Å². The number of rotatable bonds is 1. The van der Waals surface area contributed by atoms with Gasteiger partial charge in [0.25, 0.3) is 0 Å². The maximum Gasteiger partial charge on any atom is -0.0185 e. The van der Waals surface area contributed by atoms with Gasteiger partial charge in [0.05, 0.1) is 0 Å². The van der Waals surface area contributed by atoms with Gasteiger partial charge < -0.3 is 0 Å². The predicted molar refractivity (Wildman–Crippen MR) is 55.1 cm³/mol. The lowest BCUT2D eigenvalue weighted by atomic mass is 10.0. The van der Waals surface area contributed by atoms with Gasteiger partial charge in [-0.1, -0.05) is 31.2 Å². The van der Waals surface area contributed by atoms with Gasteiger partial charge in [0.2, 0.25) is 0 Å². The molecule has 0 radical (unpaired) electrons. The van der Waals surface area contributed by atoms with E-state index in [1.165, 1.54) is 18.4 Å². The molecule has 1 atom stereocenters. The standard InChI is InChI=1S/C12H18/c1-4-6-7-12-10(3)8-9-11(12)5-2/h4-7,10H,8-9H2,1-3H3/b6-4-,11-5-,12-7-. The van der Waals surface area contributed by atoms with Crippen molar-refractivity contribution in [2.75, 3.05) is 0 Å². The highest BCUT2D eigenvalue weighted by atomic mass is 14.2. The highest BCUT2D eigenvalue weighted by molar-refractivity contribution is 5.38. The maximum absolute atomic E-state index is 2.31. The molecular formula is C12H18. The quantitative estimate of drug-likeness (QED) is 0.549. The van der Waals surface area contributed by atoms with Crippen LogP contribution in [0.4, 0.5) is 0 Å². The van der Waals surface area contributed by atoms with Gasteiger partial charge in [-0.25, -0.2) is 0 Å². The van der Waals surface area contributed by atoms with Crippen LogP contribution in [-0.2, 0) is 0 Å². The van der Waals surface area contributed by atoms with Crippen LogP contribution in [0.1, 0.15) is 33.6 Å². The molecule has 1 unspecified atom stereocenters. The minimum atomic E-state index is 0.757. The van der Waals surface area contributed by atoms with Crippen molar-refractivity contribution in [2.24, 2.45) is 5.92 Å². The van der Waals surface area contributed by atoms with Crippen LogP contribution in [0.25, 0.3) is 0 Å². The van der Waals surface area contributed by atoms with Crippen LogP contribution in [0.5, 0.6) is 0 Å². The van der Waals surface area contributed by atoms with Crippen LogP contribution in [0.3, 0.4) is 0 Å². The summed E-state index contributed by atoms with van der Waals surface area (Å²) in [4.78, 5) is 0. The Hall–Kier alpha value is -0.780. The smallest absolute Gasteiger partial charge is 0.0185 e. The van der Waals surface area contributed by atoms with E-state index in [1.54, 1.807) is 5.57 Å². The molecule has 1 saturated carbocycles. The van der Waals surface area contributed by atoms with Gasteiger partial charge in [-0.15, -0.1) is 0 Å². The molecule has 66 valence electrons. The molecule has 0 heterocycles. The molecule has 0 heteroatoms. The molecule has 0 aliphatic heterocycles. The Morgan fingerprint density at radius 2 is 2.08 bits per heavy atom. The lowest BCUT2D eigenvalue weighted by Crippen LogP contribution is -1.88. The van der Waals surface area contributed by atoms with Crippen molar-refractivity contribution >= 4 is 0 Å². The zero-order valence-corrected chi connectivity index (χ0v) is 8.30. The zero-order valence-electron chi connectivity index (χ0n) is 8.30. The Morgan fingerprint density at radius 1 is 1.33 bits per heavy atom. The average Bonchev–Trinajstić information content (AvgIpc) is 2.43. The van der Waals surface area contributed by atoms with Crippen molar-refractivity contribution in [2.45, 2.75) is 33.6 Å². The molecule has 0 aromatic carbocycles. The molecule has 1 rings (SSSR count). The molecular weight excluding hydrogens is 144 g/mol. The summed E-state index contributed by atoms with van der Waals surface area (Å²) >= 11 is 0. The van der Waals surface area contributed by atoms with E-state index in [2.05, 4.69) is 45.1 Å². The predicted octanol–water partition coefficient (Wildman–Crippen LogP) is 3.87. The van der Waals surface area contributed by atoms with Crippen molar-refractivity contribution in [1.29, 1.82) is 0 Å². The fraction of sp³-hybridized carbons (Fsp3) is 0.500. The van der Waals surface area contributed by atoms with E-state index >= 15 is 0 Å². The molecule has 0 saturated heterocycles. The first-order valence-electron chi connectivity index (χ1n) is 4.78. The third-order valence-corrected chi connectivity index (χ3v) is 2.57. The fourth-order valence-electron chi connectivity index (χ4n) is 1.77. The van der Waals surface area contributed by atoms with E-state index in [9.17, 15) is 0 Å². The molecule has 0 spiro atoms. The molecule has 1 aliphatic carbocycles. The first kappa shape index (κ1) is 9.31. The molecule has 0 aromatic rings. The first-order chi connectivity index (χ1) is 5.79. The third kappa shape index (κ3) is 1.88. The Labute approximate surface area is 75.7 Å². The van der Waals surface area contributed by atoms with Gasteiger partial charge in [-0.3, -0.25) is 0 Å². The highest BCUT2D eigenvalue weighted by Gasteiger charge is 2.19. The van der Waals surface area contributed by atoms with Crippen molar-refractivity contribution in [3.8, 4) is 0 Å². The second kappa shape index (κ2) is 4.30. The Kier molecular flexibility index (Phi) is 3.33. The molecule has 0 N–H and O–H groups in total. The molecule has 0 nitrogen and oxygen atoms in total. The van der Waals surface area contributed by atoms with E-state index in [0.29, 0.717) is 0 Å². The largest absolute Gasteiger partial charge is 0.0877 e. The lowest BCUT2D eigenvalue weighted by molar-refractivity contribution is 0.697. The summed E-state index contributed by atoms with van der Waals surface area (Å²) in [5.41, 5.74) is 3.08. The molecule has 1 aliphatic rings. The minimum Gasteiger partial charge on any atom is -0.0877 e. The summed E-state index contributed by atoms with van der Waals surface area (Å²) in [6.45, 7) is 6.51. The van der Waals surface area contributed by atoms with E-state index in [-0.39, 0.29) is 0 Å². The zero-order chi connectivity index (χ0) is 8.97. The molecule has 0 amide bonds. The fourth-order valence-corrected chi connectivity index (χ4v) is 1.77. The summed E-state index contributed by atoms with van der Waals surface area (Å²) in [6.07, 6.45) is 11.3. The second-order valence-electron chi connectivity index (χ2n) is 3.40.